The number of piperidine rings is 1. The van der Waals surface area contributed by atoms with Crippen LogP contribution in [0.5, 0.6) is 11.5 Å². The van der Waals surface area contributed by atoms with Crippen LogP contribution in [0.4, 0.5) is 0 Å². The first kappa shape index (κ1) is 22.8. The monoisotopic (exact) mass is 451 g/mol. The van der Waals surface area contributed by atoms with Gasteiger partial charge in [-0.25, -0.2) is 9.59 Å². The lowest BCUT2D eigenvalue weighted by molar-refractivity contribution is -0.165. The lowest BCUT2D eigenvalue weighted by Gasteiger charge is -2.59. The molecule has 4 aliphatic rings. The third kappa shape index (κ3) is 3.24. The van der Waals surface area contributed by atoms with Crippen LogP contribution in [0, 0.1) is 5.92 Å². The first-order valence-electron chi connectivity index (χ1n) is 10.7. The van der Waals surface area contributed by atoms with Gasteiger partial charge in [-0.3, -0.25) is 0 Å². The van der Waals surface area contributed by atoms with Crippen molar-refractivity contribution in [2.75, 3.05) is 20.7 Å². The van der Waals surface area contributed by atoms with Crippen LogP contribution in [0.2, 0.25) is 0 Å². The number of aliphatic hydroxyl groups is 3. The van der Waals surface area contributed by atoms with Crippen molar-refractivity contribution in [3.8, 4) is 11.5 Å². The average molecular weight is 451 g/mol. The fourth-order valence-electron chi connectivity index (χ4n) is 6.15. The maximum Gasteiger partial charge on any atom is 0.335 e. The number of aliphatic hydroxyl groups excluding tert-OH is 3. The van der Waals surface area contributed by atoms with Gasteiger partial charge in [-0.05, 0) is 50.9 Å². The van der Waals surface area contributed by atoms with Gasteiger partial charge in [0, 0.05) is 22.9 Å². The molecule has 2 aliphatic carbocycles. The molecule has 1 saturated carbocycles. The van der Waals surface area contributed by atoms with Crippen molar-refractivity contribution in [1.29, 1.82) is 0 Å². The summed E-state index contributed by atoms with van der Waals surface area (Å²) in [5, 5.41) is 43.3. The lowest BCUT2D eigenvalue weighted by atomic mass is 9.51. The molecule has 2 fully saturated rings. The molecule has 0 amide bonds. The summed E-state index contributed by atoms with van der Waals surface area (Å²) < 4.78 is 12.0. The second kappa shape index (κ2) is 8.18. The number of carboxylic acids is 2. The van der Waals surface area contributed by atoms with E-state index < -0.39 is 24.1 Å². The van der Waals surface area contributed by atoms with Crippen molar-refractivity contribution in [2.45, 2.75) is 61.6 Å². The smallest absolute Gasteiger partial charge is 0.335 e. The van der Waals surface area contributed by atoms with Crippen LogP contribution in [0.15, 0.2) is 12.1 Å². The highest BCUT2D eigenvalue weighted by molar-refractivity contribution is 5.83. The number of methoxy groups -OCH3 is 1. The molecule has 5 rings (SSSR count). The molecule has 7 atom stereocenters. The Hall–Kier alpha value is -2.40. The molecule has 1 aromatic rings. The van der Waals surface area contributed by atoms with Gasteiger partial charge in [-0.15, -0.1) is 0 Å². The third-order valence-electron chi connectivity index (χ3n) is 7.55. The Morgan fingerprint density at radius 3 is 2.44 bits per heavy atom. The molecule has 2 aliphatic heterocycles. The van der Waals surface area contributed by atoms with Gasteiger partial charge in [-0.2, -0.15) is 0 Å². The maximum absolute atomic E-state index is 10.8. The first-order chi connectivity index (χ1) is 15.1. The van der Waals surface area contributed by atoms with E-state index in [1.54, 1.807) is 7.11 Å². The molecule has 5 N–H and O–H groups in total. The third-order valence-corrected chi connectivity index (χ3v) is 7.55. The largest absolute Gasteiger partial charge is 0.493 e. The van der Waals surface area contributed by atoms with E-state index in [0.717, 1.165) is 43.7 Å². The van der Waals surface area contributed by atoms with Crippen LogP contribution in [-0.4, -0.2) is 93.5 Å². The molecule has 2 bridgehead atoms. The van der Waals surface area contributed by atoms with Gasteiger partial charge in [0.05, 0.1) is 13.2 Å². The Labute approximate surface area is 185 Å². The first-order valence-corrected chi connectivity index (χ1v) is 10.7. The Morgan fingerprint density at radius 2 is 1.84 bits per heavy atom. The highest BCUT2D eigenvalue weighted by Crippen LogP contribution is 2.63. The molecule has 176 valence electrons. The van der Waals surface area contributed by atoms with Gasteiger partial charge < -0.3 is 39.9 Å². The van der Waals surface area contributed by atoms with E-state index in [4.69, 9.17) is 29.9 Å². The zero-order chi connectivity index (χ0) is 23.4. The quantitative estimate of drug-likeness (QED) is 0.408. The fourth-order valence-corrected chi connectivity index (χ4v) is 6.15. The number of carbonyl (C=O) groups is 2. The Balaban J connectivity index is 0.000000211. The maximum atomic E-state index is 10.8. The van der Waals surface area contributed by atoms with Gasteiger partial charge in [-0.1, -0.05) is 6.07 Å². The summed E-state index contributed by atoms with van der Waals surface area (Å²) in [4.78, 5) is 22.0. The van der Waals surface area contributed by atoms with Gasteiger partial charge in [0.2, 0.25) is 0 Å². The van der Waals surface area contributed by atoms with Crippen LogP contribution in [0.25, 0.3) is 0 Å². The minimum atomic E-state index is -2.27. The number of rotatable bonds is 4. The predicted molar refractivity (Wildman–Crippen MR) is 110 cm³/mol. The second-order valence-electron chi connectivity index (χ2n) is 9.02. The van der Waals surface area contributed by atoms with Crippen LogP contribution < -0.4 is 9.47 Å². The van der Waals surface area contributed by atoms with Gasteiger partial charge in [0.25, 0.3) is 0 Å². The lowest BCUT2D eigenvalue weighted by Crippen LogP contribution is -2.67. The Morgan fingerprint density at radius 1 is 1.19 bits per heavy atom. The van der Waals surface area contributed by atoms with E-state index in [0.29, 0.717) is 12.0 Å². The van der Waals surface area contributed by atoms with Crippen molar-refractivity contribution in [3.05, 3.63) is 23.3 Å². The summed E-state index contributed by atoms with van der Waals surface area (Å²) in [7, 11) is 3.92. The topological polar surface area (TPSA) is 157 Å². The van der Waals surface area contributed by atoms with Crippen LogP contribution in [-0.2, 0) is 21.4 Å². The van der Waals surface area contributed by atoms with Crippen molar-refractivity contribution in [3.63, 3.8) is 0 Å². The molecule has 1 aromatic carbocycles. The van der Waals surface area contributed by atoms with Crippen molar-refractivity contribution >= 4 is 11.9 Å². The number of carboxylic acid groups (broad SMARTS) is 2. The van der Waals surface area contributed by atoms with Crippen molar-refractivity contribution in [2.24, 2.45) is 5.92 Å². The minimum Gasteiger partial charge on any atom is -0.493 e. The standard InChI is InChI=1S/C18H23NO3.C4H6O6/c1-19-8-7-18-14-6-4-12(20)16(18)11(19)9-10-3-5-13(21-2)17(22-14)15(10)18;5-1(3(7)8)2(6)4(9)10/h3,5,11-12,14,16,20H,4,6-9H2,1-2H3;1-2,5-6H,(H,7,8)(H,9,10)/t11-,12-,14+,16-,18-;1-,2-/m11/s1. The number of hydrogen-bond donors (Lipinski definition) is 5. The molecule has 2 heterocycles. The van der Waals surface area contributed by atoms with Crippen LogP contribution in [0.3, 0.4) is 0 Å². The minimum absolute atomic E-state index is 0.00625. The van der Waals surface area contributed by atoms with Crippen molar-refractivity contribution < 1.29 is 44.6 Å². The van der Waals surface area contributed by atoms with Gasteiger partial charge >= 0.3 is 11.9 Å². The van der Waals surface area contributed by atoms with Crippen molar-refractivity contribution in [1.82, 2.24) is 4.90 Å². The number of nitrogens with zero attached hydrogens (tertiary/aromatic N) is 1. The number of benzene rings is 1. The van der Waals surface area contributed by atoms with E-state index in [1.807, 2.05) is 0 Å². The van der Waals surface area contributed by atoms with E-state index in [9.17, 15) is 14.7 Å². The van der Waals surface area contributed by atoms with E-state index in [1.165, 1.54) is 11.1 Å². The Bertz CT molecular complexity index is 903. The molecule has 1 spiro atoms. The van der Waals surface area contributed by atoms with Crippen LogP contribution >= 0.6 is 0 Å². The molecular weight excluding hydrogens is 422 g/mol. The van der Waals surface area contributed by atoms with Gasteiger partial charge in [0.15, 0.2) is 23.7 Å². The second-order valence-corrected chi connectivity index (χ2v) is 9.02. The average Bonchev–Trinajstić information content (AvgIpc) is 3.10. The van der Waals surface area contributed by atoms with Gasteiger partial charge in [0.1, 0.15) is 6.10 Å². The normalized spacial score (nSPS) is 33.7. The summed E-state index contributed by atoms with van der Waals surface area (Å²) in [6.07, 6.45) is -0.629. The summed E-state index contributed by atoms with van der Waals surface area (Å²) in [6, 6.07) is 4.70. The molecule has 0 radical (unpaired) electrons. The predicted octanol–water partition coefficient (Wildman–Crippen LogP) is -0.397. The summed E-state index contributed by atoms with van der Waals surface area (Å²) in [6.45, 7) is 1.09. The number of likely N-dealkylation sites (tertiary alicyclic amines) is 1. The summed E-state index contributed by atoms with van der Waals surface area (Å²) >= 11 is 0. The highest BCUT2D eigenvalue weighted by atomic mass is 16.5. The van der Waals surface area contributed by atoms with E-state index in [2.05, 4.69) is 24.1 Å². The molecule has 0 aromatic heterocycles. The molecular formula is C22H29NO9. The molecule has 10 heteroatoms. The molecule has 32 heavy (non-hydrogen) atoms. The number of hydrogen-bond acceptors (Lipinski definition) is 8. The fraction of sp³-hybridized carbons (Fsp3) is 0.636. The zero-order valence-corrected chi connectivity index (χ0v) is 18.0. The summed E-state index contributed by atoms with van der Waals surface area (Å²) in [5.74, 6) is -1.42. The highest BCUT2D eigenvalue weighted by Gasteiger charge is 2.65. The molecule has 0 unspecified atom stereocenters. The SMILES string of the molecule is COc1ccc2c3c1O[C@H]1CC[C@@H](O)[C@H]4[C@@H](C2)N(C)CC[C@@]341.O=C(O)[C@H](O)[C@@H](O)C(=O)O. The number of aliphatic carboxylic acids is 2. The van der Waals surface area contributed by atoms with E-state index >= 15 is 0 Å². The molecule has 10 nitrogen and oxygen atoms in total. The Kier molecular flexibility index (Phi) is 5.83. The summed E-state index contributed by atoms with van der Waals surface area (Å²) in [5.41, 5.74) is 2.77. The number of likely N-dealkylation sites (N-methyl/N-ethyl adjacent to an activating group) is 1. The van der Waals surface area contributed by atoms with Crippen LogP contribution in [0.1, 0.15) is 30.4 Å². The zero-order valence-electron chi connectivity index (χ0n) is 18.0. The molecule has 1 saturated heterocycles. The number of ether oxygens (including phenoxy) is 2. The van der Waals surface area contributed by atoms with E-state index in [-0.39, 0.29) is 17.6 Å².